The van der Waals surface area contributed by atoms with Crippen molar-refractivity contribution < 1.29 is 18.4 Å². The van der Waals surface area contributed by atoms with Crippen LogP contribution in [-0.2, 0) is 4.79 Å². The van der Waals surface area contributed by atoms with Crippen molar-refractivity contribution in [2.75, 3.05) is 6.50 Å². The normalized spacial score (nSPS) is 26.3. The third-order valence-electron chi connectivity index (χ3n) is 0.314. The summed E-state index contributed by atoms with van der Waals surface area (Å²) >= 11 is 0. The molecule has 0 bridgehead atoms. The largest absolute Gasteiger partial charge is 0.479 e. The number of hydrogen-bond acceptors (Lipinski definition) is 2. The smallest absolute Gasteiger partial charge is 0.339 e. The van der Waals surface area contributed by atoms with Crippen LogP contribution in [0.4, 0.5) is 4.39 Å². The Morgan fingerprint density at radius 1 is 2.43 bits per heavy atom. The molecule has 0 amide bonds. The van der Waals surface area contributed by atoms with Gasteiger partial charge < -0.3 is 10.8 Å². The molecule has 0 spiro atoms. The van der Waals surface area contributed by atoms with E-state index in [1.54, 1.807) is 0 Å². The van der Waals surface area contributed by atoms with Crippen LogP contribution in [0, 0.1) is 0 Å². The molecule has 3 nitrogen and oxygen atoms in total. The SMILES string of the molecule is [2H]C([2H])([15NH2])C([2H])(F)C(=O)O. The van der Waals surface area contributed by atoms with E-state index in [1.165, 1.54) is 0 Å². The second-order valence-electron chi connectivity index (χ2n) is 0.763. The van der Waals surface area contributed by atoms with Gasteiger partial charge in [0.2, 0.25) is 6.15 Å². The molecule has 0 saturated heterocycles. The minimum absolute atomic E-state index is 2.24. The first-order chi connectivity index (χ1) is 4.19. The van der Waals surface area contributed by atoms with Gasteiger partial charge in [0.05, 0.1) is 1.37 Å². The van der Waals surface area contributed by atoms with Crippen molar-refractivity contribution in [1.82, 2.24) is 0 Å². The van der Waals surface area contributed by atoms with Crippen LogP contribution in [0.1, 0.15) is 4.11 Å². The first kappa shape index (κ1) is 2.61. The molecule has 0 aliphatic carbocycles. The monoisotopic (exact) mass is 111 g/mol. The molecule has 0 radical (unpaired) electrons. The van der Waals surface area contributed by atoms with Crippen molar-refractivity contribution in [3.63, 3.8) is 0 Å². The summed E-state index contributed by atoms with van der Waals surface area (Å²) in [6.07, 6.45) is -3.78. The van der Waals surface area contributed by atoms with Crippen LogP contribution >= 0.6 is 0 Å². The lowest BCUT2D eigenvalue weighted by Gasteiger charge is -1.92. The van der Waals surface area contributed by atoms with Gasteiger partial charge in [0, 0.05) is 9.24 Å². The van der Waals surface area contributed by atoms with Crippen molar-refractivity contribution in [1.29, 1.82) is 0 Å². The predicted molar refractivity (Wildman–Crippen MR) is 21.6 cm³/mol. The molecule has 7 heavy (non-hydrogen) atoms. The van der Waals surface area contributed by atoms with Crippen molar-refractivity contribution >= 4 is 5.97 Å². The fourth-order valence-electron chi connectivity index (χ4n) is 0.0617. The lowest BCUT2D eigenvalue weighted by Crippen LogP contribution is -2.24. The molecule has 0 saturated carbocycles. The number of alkyl halides is 1. The topological polar surface area (TPSA) is 63.3 Å². The Labute approximate surface area is 44.1 Å². The first-order valence-corrected chi connectivity index (χ1v) is 1.41. The molecule has 4 heteroatoms. The first-order valence-electron chi connectivity index (χ1n) is 2.91. The molecule has 0 fully saturated rings. The van der Waals surface area contributed by atoms with Crippen LogP contribution in [0.2, 0.25) is 0 Å². The molecule has 1 unspecified atom stereocenters. The summed E-state index contributed by atoms with van der Waals surface area (Å²) in [5.74, 6) is -2.24. The third kappa shape index (κ3) is 2.11. The van der Waals surface area contributed by atoms with Crippen molar-refractivity contribution in [3.8, 4) is 0 Å². The zero-order chi connectivity index (χ0) is 8.58. The van der Waals surface area contributed by atoms with Gasteiger partial charge >= 0.3 is 5.97 Å². The molecular weight excluding hydrogens is 102 g/mol. The predicted octanol–water partition coefficient (Wildman–Crippen LogP) is -0.632. The zero-order valence-corrected chi connectivity index (χ0v) is 3.31. The van der Waals surface area contributed by atoms with Crippen molar-refractivity contribution in [2.45, 2.75) is 6.15 Å². The minimum Gasteiger partial charge on any atom is -0.479 e. The molecule has 0 aromatic heterocycles. The van der Waals surface area contributed by atoms with Crippen LogP contribution < -0.4 is 5.73 Å². The van der Waals surface area contributed by atoms with Crippen LogP contribution in [0.3, 0.4) is 0 Å². The highest BCUT2D eigenvalue weighted by atomic mass is 19.1. The maximum atomic E-state index is 12.3. The number of aliphatic carboxylic acids is 1. The molecular formula is C3H6FNO2. The Kier molecular flexibility index (Phi) is 0.941. The molecule has 42 valence electrons. The standard InChI is InChI=1S/C3H6FNO2/c4-2(1-5)3(6)7/h2H,1,5H2,(H,6,7)/i1D2,2D,5+1. The van der Waals surface area contributed by atoms with E-state index in [1.807, 2.05) is 0 Å². The van der Waals surface area contributed by atoms with Gasteiger partial charge in [0.1, 0.15) is 0 Å². The lowest BCUT2D eigenvalue weighted by atomic mass is 10.4. The van der Waals surface area contributed by atoms with Crippen molar-refractivity contribution in [3.05, 3.63) is 0 Å². The summed E-state index contributed by atoms with van der Waals surface area (Å²) in [6, 6.07) is 0. The van der Waals surface area contributed by atoms with Gasteiger partial charge in [-0.1, -0.05) is 0 Å². The van der Waals surface area contributed by atoms with E-state index >= 15 is 0 Å². The summed E-state index contributed by atoms with van der Waals surface area (Å²) in [4.78, 5) is 9.79. The summed E-state index contributed by atoms with van der Waals surface area (Å²) in [6.45, 7) is -3.18. The van der Waals surface area contributed by atoms with E-state index in [-0.39, 0.29) is 0 Å². The third-order valence-corrected chi connectivity index (χ3v) is 0.314. The van der Waals surface area contributed by atoms with Gasteiger partial charge in [-0.25, -0.2) is 9.18 Å². The quantitative estimate of drug-likeness (QED) is 0.466. The number of carboxylic acids is 1. The Balaban J connectivity index is 4.57. The summed E-state index contributed by atoms with van der Waals surface area (Å²) in [5, 5.41) is 7.89. The van der Waals surface area contributed by atoms with E-state index in [9.17, 15) is 9.18 Å². The molecule has 0 heterocycles. The summed E-state index contributed by atoms with van der Waals surface area (Å²) < 4.78 is 31.3. The number of hydrogen-bond donors (Lipinski definition) is 2. The molecule has 3 N–H and O–H groups in total. The van der Waals surface area contributed by atoms with Gasteiger partial charge in [-0.2, -0.15) is 0 Å². The summed E-state index contributed by atoms with van der Waals surface area (Å²) in [5.41, 5.74) is 4.40. The second-order valence-corrected chi connectivity index (χ2v) is 0.763. The van der Waals surface area contributed by atoms with Crippen LogP contribution in [0.5, 0.6) is 0 Å². The van der Waals surface area contributed by atoms with Gasteiger partial charge in [-0.15, -0.1) is 0 Å². The van der Waals surface area contributed by atoms with Crippen molar-refractivity contribution in [2.24, 2.45) is 5.73 Å². The van der Waals surface area contributed by atoms with E-state index < -0.39 is 18.6 Å². The highest BCUT2D eigenvalue weighted by Gasteiger charge is 2.10. The van der Waals surface area contributed by atoms with Crippen LogP contribution in [0.15, 0.2) is 0 Å². The van der Waals surface area contributed by atoms with Crippen LogP contribution in [-0.4, -0.2) is 23.7 Å². The number of carboxylic acid groups (broad SMARTS) is 1. The fraction of sp³-hybridized carbons (Fsp3) is 0.667. The number of rotatable bonds is 2. The zero-order valence-electron chi connectivity index (χ0n) is 6.31. The molecule has 0 aliphatic heterocycles. The number of halogens is 1. The van der Waals surface area contributed by atoms with E-state index in [4.69, 9.17) is 9.22 Å². The highest BCUT2D eigenvalue weighted by Crippen LogP contribution is 1.83. The van der Waals surface area contributed by atoms with E-state index in [2.05, 4.69) is 5.73 Å². The van der Waals surface area contributed by atoms with E-state index in [0.29, 0.717) is 0 Å². The van der Waals surface area contributed by atoms with Gasteiger partial charge in [0.15, 0.2) is 0 Å². The number of carbonyl (C=O) groups is 1. The second kappa shape index (κ2) is 2.52. The Bertz CT molecular complexity index is 154. The highest BCUT2D eigenvalue weighted by molar-refractivity contribution is 5.72. The Morgan fingerprint density at radius 2 is 2.86 bits per heavy atom. The maximum absolute atomic E-state index is 12.3. The molecule has 1 atom stereocenters. The summed E-state index contributed by atoms with van der Waals surface area (Å²) in [7, 11) is 0. The Hall–Kier alpha value is -0.640. The van der Waals surface area contributed by atoms with E-state index in [0.717, 1.165) is 0 Å². The number of nitrogens with two attached hydrogens (primary N) is 1. The molecule has 0 rings (SSSR count). The molecule has 0 aromatic carbocycles. The van der Waals surface area contributed by atoms with Gasteiger partial charge in [0.25, 0.3) is 0 Å². The Morgan fingerprint density at radius 3 is 2.86 bits per heavy atom. The minimum atomic E-state index is -3.78. The lowest BCUT2D eigenvalue weighted by molar-refractivity contribution is -0.142. The maximum Gasteiger partial charge on any atom is 0.339 e. The van der Waals surface area contributed by atoms with Gasteiger partial charge in [-0.3, -0.25) is 0 Å². The average Bonchev–Trinajstić information content (AvgIpc) is 1.62. The average molecular weight is 111 g/mol. The van der Waals surface area contributed by atoms with Gasteiger partial charge in [-0.05, 0) is 0 Å². The fourth-order valence-corrected chi connectivity index (χ4v) is 0.0617. The molecule has 0 aliphatic rings. The molecule has 0 aromatic rings. The van der Waals surface area contributed by atoms with Crippen LogP contribution in [0.25, 0.3) is 0 Å².